The van der Waals surface area contributed by atoms with Gasteiger partial charge in [-0.05, 0) is 60.1 Å². The van der Waals surface area contributed by atoms with Crippen molar-refractivity contribution in [3.8, 4) is 0 Å². The monoisotopic (exact) mass is 537 g/mol. The third-order valence-corrected chi connectivity index (χ3v) is 7.74. The molecule has 1 fully saturated rings. The lowest BCUT2D eigenvalue weighted by Gasteiger charge is -2.22. The van der Waals surface area contributed by atoms with Gasteiger partial charge in [0.25, 0.3) is 5.56 Å². The maximum absolute atomic E-state index is 14.2. The summed E-state index contributed by atoms with van der Waals surface area (Å²) in [6.45, 7) is -0.532. The average molecular weight is 537 g/mol. The van der Waals surface area contributed by atoms with E-state index in [0.29, 0.717) is 16.4 Å². The van der Waals surface area contributed by atoms with Gasteiger partial charge < -0.3 is 20.1 Å². The number of hydrogen-bond donors (Lipinski definition) is 4. The smallest absolute Gasteiger partial charge is 0.252 e. The minimum atomic E-state index is -3.94. The third-order valence-electron chi connectivity index (χ3n) is 4.87. The molecule has 1 saturated carbocycles. The number of halogens is 2. The van der Waals surface area contributed by atoms with Crippen LogP contribution in [0.3, 0.4) is 0 Å². The van der Waals surface area contributed by atoms with Gasteiger partial charge >= 0.3 is 0 Å². The molecular formula is C18H21FIN3O5S. The van der Waals surface area contributed by atoms with Crippen molar-refractivity contribution in [3.05, 3.63) is 50.2 Å². The number of anilines is 3. The Morgan fingerprint density at radius 3 is 2.55 bits per heavy atom. The molecular weight excluding hydrogens is 516 g/mol. The summed E-state index contributed by atoms with van der Waals surface area (Å²) in [5.74, 6) is -0.545. The summed E-state index contributed by atoms with van der Waals surface area (Å²) in [7, 11) is -2.47. The molecule has 0 spiro atoms. The lowest BCUT2D eigenvalue weighted by Crippen LogP contribution is -2.35. The van der Waals surface area contributed by atoms with Crippen LogP contribution < -0.4 is 15.6 Å². The van der Waals surface area contributed by atoms with Gasteiger partial charge in [-0.25, -0.2) is 12.8 Å². The van der Waals surface area contributed by atoms with Crippen LogP contribution in [-0.2, 0) is 17.1 Å². The van der Waals surface area contributed by atoms with Crippen molar-refractivity contribution in [3.63, 3.8) is 0 Å². The highest BCUT2D eigenvalue weighted by Crippen LogP contribution is 2.48. The van der Waals surface area contributed by atoms with Crippen LogP contribution in [0.2, 0.25) is 0 Å². The zero-order valence-electron chi connectivity index (χ0n) is 15.5. The molecule has 1 aliphatic rings. The van der Waals surface area contributed by atoms with Crippen LogP contribution in [0.15, 0.2) is 35.3 Å². The van der Waals surface area contributed by atoms with Gasteiger partial charge in [0.05, 0.1) is 34.5 Å². The molecule has 0 bridgehead atoms. The van der Waals surface area contributed by atoms with Gasteiger partial charge in [0, 0.05) is 22.9 Å². The van der Waals surface area contributed by atoms with Crippen molar-refractivity contribution in [2.45, 2.75) is 30.1 Å². The topological polar surface area (TPSA) is 121 Å². The van der Waals surface area contributed by atoms with E-state index < -0.39 is 38.9 Å². The fourth-order valence-electron chi connectivity index (χ4n) is 3.02. The molecule has 0 saturated heterocycles. The summed E-state index contributed by atoms with van der Waals surface area (Å²) in [6.07, 6.45) is 0.761. The van der Waals surface area contributed by atoms with Crippen molar-refractivity contribution < 1.29 is 23.0 Å². The number of aliphatic hydroxyl groups excluding tert-OH is 2. The minimum Gasteiger partial charge on any atom is -0.394 e. The number of aromatic nitrogens is 1. The Balaban J connectivity index is 1.95. The predicted octanol–water partition coefficient (Wildman–Crippen LogP) is 1.89. The Kier molecular flexibility index (Phi) is 6.22. The summed E-state index contributed by atoms with van der Waals surface area (Å²) >= 11 is 1.96. The molecule has 1 aliphatic carbocycles. The third kappa shape index (κ3) is 4.73. The molecule has 158 valence electrons. The number of nitrogens with zero attached hydrogens (tertiary/aromatic N) is 1. The SMILES string of the molecule is Cn1cc(NS(=O)(=O)C2(CC(O)CO)CC2)c(Nc2ccc(I)cc2F)cc1=O. The number of aryl methyl sites for hydroxylation is 1. The van der Waals surface area contributed by atoms with Gasteiger partial charge in [0.15, 0.2) is 0 Å². The molecule has 0 aliphatic heterocycles. The van der Waals surface area contributed by atoms with Crippen LogP contribution in [-0.4, -0.2) is 40.7 Å². The maximum atomic E-state index is 14.2. The summed E-state index contributed by atoms with van der Waals surface area (Å²) in [5.41, 5.74) is -0.126. The van der Waals surface area contributed by atoms with E-state index in [1.807, 2.05) is 22.6 Å². The van der Waals surface area contributed by atoms with Crippen molar-refractivity contribution in [2.24, 2.45) is 7.05 Å². The second kappa shape index (κ2) is 8.20. The quantitative estimate of drug-likeness (QED) is 0.382. The van der Waals surface area contributed by atoms with E-state index in [2.05, 4.69) is 10.0 Å². The lowest BCUT2D eigenvalue weighted by atomic mass is 10.2. The first-order valence-electron chi connectivity index (χ1n) is 8.81. The van der Waals surface area contributed by atoms with Gasteiger partial charge in [0.1, 0.15) is 5.82 Å². The van der Waals surface area contributed by atoms with E-state index in [1.54, 1.807) is 6.07 Å². The fraction of sp³-hybridized carbons (Fsp3) is 0.389. The Morgan fingerprint density at radius 1 is 1.28 bits per heavy atom. The summed E-state index contributed by atoms with van der Waals surface area (Å²) < 4.78 is 43.3. The molecule has 4 N–H and O–H groups in total. The van der Waals surface area contributed by atoms with E-state index in [1.165, 1.54) is 36.0 Å². The number of benzene rings is 1. The number of sulfonamides is 1. The molecule has 1 atom stereocenters. The summed E-state index contributed by atoms with van der Waals surface area (Å²) in [4.78, 5) is 12.1. The highest BCUT2D eigenvalue weighted by Gasteiger charge is 2.55. The largest absolute Gasteiger partial charge is 0.394 e. The molecule has 3 rings (SSSR count). The van der Waals surface area contributed by atoms with Crippen LogP contribution in [0.1, 0.15) is 19.3 Å². The molecule has 0 amide bonds. The highest BCUT2D eigenvalue weighted by molar-refractivity contribution is 14.1. The van der Waals surface area contributed by atoms with Gasteiger partial charge in [0.2, 0.25) is 10.0 Å². The van der Waals surface area contributed by atoms with E-state index >= 15 is 0 Å². The van der Waals surface area contributed by atoms with Gasteiger partial charge in [-0.1, -0.05) is 0 Å². The van der Waals surface area contributed by atoms with E-state index in [0.717, 1.165) is 0 Å². The van der Waals surface area contributed by atoms with Crippen molar-refractivity contribution in [1.29, 1.82) is 0 Å². The minimum absolute atomic E-state index is 0.0785. The molecule has 8 nitrogen and oxygen atoms in total. The van der Waals surface area contributed by atoms with Crippen LogP contribution in [0.25, 0.3) is 0 Å². The first kappa shape index (κ1) is 22.0. The summed E-state index contributed by atoms with van der Waals surface area (Å²) in [6, 6.07) is 5.65. The first-order chi connectivity index (χ1) is 13.6. The van der Waals surface area contributed by atoms with E-state index in [9.17, 15) is 22.7 Å². The zero-order chi connectivity index (χ0) is 21.4. The predicted molar refractivity (Wildman–Crippen MR) is 116 cm³/mol. The molecule has 1 heterocycles. The van der Waals surface area contributed by atoms with Crippen molar-refractivity contribution in [1.82, 2.24) is 4.57 Å². The average Bonchev–Trinajstić information content (AvgIpc) is 3.42. The second-order valence-corrected chi connectivity index (χ2v) is 10.5. The Hall–Kier alpha value is -1.70. The highest BCUT2D eigenvalue weighted by atomic mass is 127. The zero-order valence-corrected chi connectivity index (χ0v) is 18.5. The van der Waals surface area contributed by atoms with Gasteiger partial charge in [-0.15, -0.1) is 0 Å². The van der Waals surface area contributed by atoms with E-state index in [-0.39, 0.29) is 23.5 Å². The second-order valence-electron chi connectivity index (χ2n) is 7.13. The molecule has 0 radical (unpaired) electrons. The summed E-state index contributed by atoms with van der Waals surface area (Å²) in [5, 5.41) is 21.5. The molecule has 1 aromatic heterocycles. The molecule has 1 unspecified atom stereocenters. The van der Waals surface area contributed by atoms with E-state index in [4.69, 9.17) is 5.11 Å². The van der Waals surface area contributed by atoms with Gasteiger partial charge in [-0.2, -0.15) is 0 Å². The van der Waals surface area contributed by atoms with Crippen LogP contribution in [0.5, 0.6) is 0 Å². The molecule has 2 aromatic rings. The Morgan fingerprint density at radius 2 is 1.97 bits per heavy atom. The molecule has 1 aromatic carbocycles. The lowest BCUT2D eigenvalue weighted by molar-refractivity contribution is 0.0858. The Labute approximate surface area is 181 Å². The van der Waals surface area contributed by atoms with Crippen molar-refractivity contribution in [2.75, 3.05) is 16.6 Å². The van der Waals surface area contributed by atoms with Crippen LogP contribution in [0.4, 0.5) is 21.5 Å². The Bertz CT molecular complexity index is 1090. The van der Waals surface area contributed by atoms with Crippen LogP contribution >= 0.6 is 22.6 Å². The number of pyridine rings is 1. The van der Waals surface area contributed by atoms with Gasteiger partial charge in [-0.3, -0.25) is 9.52 Å². The molecule has 29 heavy (non-hydrogen) atoms. The van der Waals surface area contributed by atoms with Crippen LogP contribution in [0, 0.1) is 9.39 Å². The normalized spacial score (nSPS) is 16.3. The maximum Gasteiger partial charge on any atom is 0.252 e. The number of rotatable bonds is 8. The first-order valence-corrected chi connectivity index (χ1v) is 11.4. The number of hydrogen-bond acceptors (Lipinski definition) is 6. The molecule has 11 heteroatoms. The number of aliphatic hydroxyl groups is 2. The fourth-order valence-corrected chi connectivity index (χ4v) is 5.19. The standard InChI is InChI=1S/C18H21FIN3O5S/c1-23-9-16(22-29(27,28)18(4-5-18)8-12(25)10-24)15(7-17(23)26)21-14-3-2-11(20)6-13(14)19/h2-3,6-7,9,12,21-22,24-25H,4-5,8,10H2,1H3. The van der Waals surface area contributed by atoms with Crippen molar-refractivity contribution >= 4 is 49.7 Å². The number of nitrogens with one attached hydrogen (secondary N) is 2.